The number of anilines is 1. The highest BCUT2D eigenvalue weighted by atomic mass is 127. The molecule has 21 heavy (non-hydrogen) atoms. The zero-order valence-electron chi connectivity index (χ0n) is 10.9. The summed E-state index contributed by atoms with van der Waals surface area (Å²) in [7, 11) is 0. The van der Waals surface area contributed by atoms with E-state index >= 15 is 0 Å². The van der Waals surface area contributed by atoms with Crippen LogP contribution in [0, 0.1) is 0 Å². The minimum Gasteiger partial charge on any atom is -0.394 e. The second-order valence-electron chi connectivity index (χ2n) is 4.98. The molecule has 1 aliphatic heterocycles. The zero-order chi connectivity index (χ0) is 15.4. The molecule has 1 saturated heterocycles. The van der Waals surface area contributed by atoms with Crippen LogP contribution in [0.5, 0.6) is 0 Å². The Morgan fingerprint density at radius 3 is 2.81 bits per heavy atom. The van der Waals surface area contributed by atoms with Gasteiger partial charge in [-0.1, -0.05) is 22.6 Å². The summed E-state index contributed by atoms with van der Waals surface area (Å²) >= 11 is 4.26. The number of aromatic nitrogens is 4. The van der Waals surface area contributed by atoms with Crippen LogP contribution in [0.3, 0.4) is 0 Å². The van der Waals surface area contributed by atoms with Crippen LogP contribution in [0.15, 0.2) is 12.5 Å². The van der Waals surface area contributed by atoms with E-state index in [-0.39, 0.29) is 12.4 Å². The van der Waals surface area contributed by atoms with Crippen LogP contribution in [-0.4, -0.2) is 52.0 Å². The van der Waals surface area contributed by atoms with Crippen LogP contribution in [0.4, 0.5) is 5.82 Å². The standard InChI is InChI=1S/C11H13I2N5O3/c1-10(12)7(20)5(3-19)21-11(10,13)6-2-15-9-8(14)16-4-17-18(6)9/h2,4-5,7,19-20H,3H2,1H3,(H2,14,16,17)/t5-,7-,10-,11+/m1/s1. The van der Waals surface area contributed by atoms with Crippen molar-refractivity contribution < 1.29 is 14.9 Å². The summed E-state index contributed by atoms with van der Waals surface area (Å²) < 4.78 is 5.88. The van der Waals surface area contributed by atoms with E-state index in [0.29, 0.717) is 11.3 Å². The fourth-order valence-corrected chi connectivity index (χ4v) is 4.25. The summed E-state index contributed by atoms with van der Waals surface area (Å²) in [5, 5.41) is 24.0. The minimum absolute atomic E-state index is 0.266. The van der Waals surface area contributed by atoms with Crippen molar-refractivity contribution in [2.24, 2.45) is 0 Å². The number of imidazole rings is 1. The van der Waals surface area contributed by atoms with Crippen molar-refractivity contribution in [1.82, 2.24) is 19.6 Å². The topological polar surface area (TPSA) is 119 Å². The number of nitrogen functional groups attached to an aromatic ring is 1. The van der Waals surface area contributed by atoms with Gasteiger partial charge in [-0.3, -0.25) is 0 Å². The Labute approximate surface area is 147 Å². The molecular weight excluding hydrogens is 504 g/mol. The molecule has 2 aromatic rings. The summed E-state index contributed by atoms with van der Waals surface area (Å²) in [5.41, 5.74) is 6.86. The minimum atomic E-state index is -0.918. The summed E-state index contributed by atoms with van der Waals surface area (Å²) in [5.74, 6) is 0.267. The average molecular weight is 517 g/mol. The quantitative estimate of drug-likeness (QED) is 0.386. The zero-order valence-corrected chi connectivity index (χ0v) is 15.3. The molecule has 0 amide bonds. The van der Waals surface area contributed by atoms with Crippen molar-refractivity contribution in [3.05, 3.63) is 18.2 Å². The highest BCUT2D eigenvalue weighted by molar-refractivity contribution is 14.1. The lowest BCUT2D eigenvalue weighted by Gasteiger charge is -2.33. The Bertz CT molecular complexity index is 694. The number of halogens is 2. The second kappa shape index (κ2) is 5.11. The maximum Gasteiger partial charge on any atom is 0.196 e. The molecule has 0 bridgehead atoms. The molecule has 3 heterocycles. The van der Waals surface area contributed by atoms with E-state index in [1.54, 1.807) is 10.7 Å². The average Bonchev–Trinajstić information content (AvgIpc) is 2.95. The Balaban J connectivity index is 2.19. The monoisotopic (exact) mass is 517 g/mol. The van der Waals surface area contributed by atoms with Gasteiger partial charge in [0.1, 0.15) is 24.2 Å². The number of fused-ring (bicyclic) bond motifs is 1. The van der Waals surface area contributed by atoms with Gasteiger partial charge in [-0.15, -0.1) is 0 Å². The van der Waals surface area contributed by atoms with Gasteiger partial charge in [0.15, 0.2) is 15.1 Å². The Morgan fingerprint density at radius 1 is 1.48 bits per heavy atom. The lowest BCUT2D eigenvalue weighted by molar-refractivity contribution is -0.0308. The molecule has 2 aromatic heterocycles. The van der Waals surface area contributed by atoms with E-state index in [4.69, 9.17) is 10.5 Å². The number of aliphatic hydroxyl groups excluding tert-OH is 2. The Morgan fingerprint density at radius 2 is 2.19 bits per heavy atom. The van der Waals surface area contributed by atoms with Crippen LogP contribution in [-0.2, 0) is 8.34 Å². The van der Waals surface area contributed by atoms with Crippen LogP contribution >= 0.6 is 45.2 Å². The highest BCUT2D eigenvalue weighted by Gasteiger charge is 2.62. The summed E-state index contributed by atoms with van der Waals surface area (Å²) in [6.45, 7) is 1.60. The van der Waals surface area contributed by atoms with Crippen LogP contribution in [0.25, 0.3) is 5.65 Å². The molecule has 0 aliphatic carbocycles. The number of hydrogen-bond acceptors (Lipinski definition) is 7. The third-order valence-electron chi connectivity index (χ3n) is 3.69. The van der Waals surface area contributed by atoms with E-state index in [2.05, 4.69) is 60.2 Å². The molecule has 0 radical (unpaired) electrons. The molecule has 10 heteroatoms. The molecule has 8 nitrogen and oxygen atoms in total. The van der Waals surface area contributed by atoms with Crippen LogP contribution in [0.2, 0.25) is 0 Å². The number of alkyl halides is 2. The Kier molecular flexibility index (Phi) is 3.79. The third-order valence-corrected chi connectivity index (χ3v) is 8.05. The van der Waals surface area contributed by atoms with Gasteiger partial charge in [0.25, 0.3) is 0 Å². The molecule has 3 rings (SSSR count). The number of rotatable bonds is 2. The van der Waals surface area contributed by atoms with Gasteiger partial charge in [0.2, 0.25) is 0 Å². The van der Waals surface area contributed by atoms with Crippen molar-refractivity contribution in [1.29, 1.82) is 0 Å². The first kappa shape index (κ1) is 15.6. The molecule has 4 N–H and O–H groups in total. The van der Waals surface area contributed by atoms with E-state index < -0.39 is 19.2 Å². The maximum absolute atomic E-state index is 10.4. The predicted molar refractivity (Wildman–Crippen MR) is 91.3 cm³/mol. The lowest BCUT2D eigenvalue weighted by atomic mass is 9.96. The number of hydrogen-bond donors (Lipinski definition) is 3. The second-order valence-corrected chi connectivity index (χ2v) is 8.74. The fourth-order valence-electron chi connectivity index (χ4n) is 2.43. The largest absolute Gasteiger partial charge is 0.394 e. The molecule has 0 saturated carbocycles. The highest BCUT2D eigenvalue weighted by Crippen LogP contribution is 2.56. The summed E-state index contributed by atoms with van der Waals surface area (Å²) in [4.78, 5) is 8.13. The van der Waals surface area contributed by atoms with Gasteiger partial charge in [-0.05, 0) is 29.5 Å². The van der Waals surface area contributed by atoms with Gasteiger partial charge in [0.05, 0.1) is 16.2 Å². The van der Waals surface area contributed by atoms with Crippen molar-refractivity contribution >= 4 is 56.6 Å². The summed E-state index contributed by atoms with van der Waals surface area (Å²) in [6.07, 6.45) is 1.45. The molecule has 0 unspecified atom stereocenters. The van der Waals surface area contributed by atoms with Crippen molar-refractivity contribution in [3.8, 4) is 0 Å². The molecule has 0 aromatic carbocycles. The fraction of sp³-hybridized carbons (Fsp3) is 0.545. The van der Waals surface area contributed by atoms with Crippen LogP contribution in [0.1, 0.15) is 12.6 Å². The Hall–Kier alpha value is -0.310. The molecule has 1 aliphatic rings. The number of nitrogens with zero attached hydrogens (tertiary/aromatic N) is 4. The first-order chi connectivity index (χ1) is 9.83. The summed E-state index contributed by atoms with van der Waals surface area (Å²) in [6, 6.07) is 0. The van der Waals surface area contributed by atoms with Gasteiger partial charge in [-0.25, -0.2) is 14.5 Å². The van der Waals surface area contributed by atoms with E-state index in [1.807, 2.05) is 6.92 Å². The smallest absolute Gasteiger partial charge is 0.196 e. The first-order valence-electron chi connectivity index (χ1n) is 6.12. The molecule has 0 spiro atoms. The first-order valence-corrected chi connectivity index (χ1v) is 8.28. The molecular formula is C11H13I2N5O3. The van der Waals surface area contributed by atoms with E-state index in [0.717, 1.165) is 0 Å². The number of ether oxygens (including phenoxy) is 1. The van der Waals surface area contributed by atoms with E-state index in [1.165, 1.54) is 6.33 Å². The molecule has 114 valence electrons. The lowest BCUT2D eigenvalue weighted by Crippen LogP contribution is -2.44. The van der Waals surface area contributed by atoms with Gasteiger partial charge < -0.3 is 20.7 Å². The third kappa shape index (κ3) is 2.06. The van der Waals surface area contributed by atoms with Gasteiger partial charge in [0, 0.05) is 0 Å². The number of nitrogens with two attached hydrogens (primary N) is 1. The van der Waals surface area contributed by atoms with Gasteiger partial charge >= 0.3 is 0 Å². The van der Waals surface area contributed by atoms with Crippen LogP contribution < -0.4 is 5.73 Å². The predicted octanol–water partition coefficient (Wildman–Crippen LogP) is 0.240. The number of aliphatic hydroxyl groups is 2. The van der Waals surface area contributed by atoms with Crippen molar-refractivity contribution in [2.75, 3.05) is 12.3 Å². The maximum atomic E-state index is 10.4. The SMILES string of the molecule is C[C@@]1(I)[C@H](O)[C@@H](CO)O[C@@]1(I)c1cnc2c(N)ncnn12. The van der Waals surface area contributed by atoms with Crippen molar-refractivity contribution in [2.45, 2.75) is 26.2 Å². The molecule has 1 fully saturated rings. The normalized spacial score (nSPS) is 36.4. The molecule has 4 atom stereocenters. The van der Waals surface area contributed by atoms with E-state index in [9.17, 15) is 10.2 Å². The van der Waals surface area contributed by atoms with Gasteiger partial charge in [-0.2, -0.15) is 5.10 Å². The van der Waals surface area contributed by atoms with Crippen molar-refractivity contribution in [3.63, 3.8) is 0 Å².